The van der Waals surface area contributed by atoms with Crippen molar-refractivity contribution < 1.29 is 0 Å². The van der Waals surface area contributed by atoms with Crippen LogP contribution in [0, 0.1) is 18.8 Å². The van der Waals surface area contributed by atoms with E-state index in [4.69, 9.17) is 10.1 Å². The summed E-state index contributed by atoms with van der Waals surface area (Å²) in [4.78, 5) is 7.62. The van der Waals surface area contributed by atoms with Crippen molar-refractivity contribution >= 4 is 11.7 Å². The molecule has 1 aliphatic carbocycles. The molecule has 1 aromatic rings. The van der Waals surface area contributed by atoms with Crippen LogP contribution in [-0.2, 0) is 0 Å². The molecule has 0 N–H and O–H groups in total. The maximum absolute atomic E-state index is 5.04. The lowest BCUT2D eigenvalue weighted by atomic mass is 9.82. The summed E-state index contributed by atoms with van der Waals surface area (Å²) in [7, 11) is 0. The summed E-state index contributed by atoms with van der Waals surface area (Å²) in [5.41, 5.74) is 1.10. The average Bonchev–Trinajstić information content (AvgIpc) is 2.88. The fraction of sp³-hybridized carbons (Fsp3) is 0.765. The Balaban J connectivity index is 1.69. The number of piperidine rings is 1. The molecule has 4 rings (SSSR count). The molecule has 2 atom stereocenters. The molecule has 0 radical (unpaired) electrons. The number of nitrogens with zero attached hydrogens (tertiary/aromatic N) is 4. The second-order valence-corrected chi connectivity index (χ2v) is 7.19. The van der Waals surface area contributed by atoms with Gasteiger partial charge >= 0.3 is 0 Å². The van der Waals surface area contributed by atoms with Crippen molar-refractivity contribution in [2.24, 2.45) is 16.8 Å². The fourth-order valence-electron chi connectivity index (χ4n) is 4.28. The summed E-state index contributed by atoms with van der Waals surface area (Å²) in [6.45, 7) is 6.84. The quantitative estimate of drug-likeness (QED) is 0.728. The first-order valence-corrected chi connectivity index (χ1v) is 8.62. The fourth-order valence-corrected chi connectivity index (χ4v) is 4.28. The summed E-state index contributed by atoms with van der Waals surface area (Å²) in [5, 5.41) is 4.72. The Hall–Kier alpha value is -1.32. The van der Waals surface area contributed by atoms with Crippen molar-refractivity contribution in [1.82, 2.24) is 14.7 Å². The van der Waals surface area contributed by atoms with Crippen molar-refractivity contribution in [3.63, 3.8) is 0 Å². The Kier molecular flexibility index (Phi) is 3.27. The number of amidine groups is 1. The zero-order valence-electron chi connectivity index (χ0n) is 13.3. The third-order valence-corrected chi connectivity index (χ3v) is 5.55. The average molecular weight is 286 g/mol. The maximum atomic E-state index is 5.04. The Morgan fingerprint density at radius 1 is 1.10 bits per heavy atom. The third-order valence-electron chi connectivity index (χ3n) is 5.55. The number of aromatic nitrogens is 2. The second-order valence-electron chi connectivity index (χ2n) is 7.19. The van der Waals surface area contributed by atoms with Gasteiger partial charge in [-0.25, -0.2) is 9.67 Å². The first-order chi connectivity index (χ1) is 10.2. The Bertz CT molecular complexity index is 551. The zero-order chi connectivity index (χ0) is 14.4. The van der Waals surface area contributed by atoms with E-state index in [1.54, 1.807) is 0 Å². The molecule has 0 spiro atoms. The minimum atomic E-state index is 0.550. The van der Waals surface area contributed by atoms with Crippen LogP contribution in [-0.4, -0.2) is 33.6 Å². The maximum Gasteiger partial charge on any atom is 0.153 e. The van der Waals surface area contributed by atoms with Gasteiger partial charge in [0.2, 0.25) is 0 Å². The van der Waals surface area contributed by atoms with E-state index in [0.717, 1.165) is 17.4 Å². The van der Waals surface area contributed by atoms with Crippen LogP contribution in [0.4, 0.5) is 5.82 Å². The monoisotopic (exact) mass is 286 g/mol. The van der Waals surface area contributed by atoms with Gasteiger partial charge in [-0.05, 0) is 38.5 Å². The molecule has 2 fully saturated rings. The van der Waals surface area contributed by atoms with E-state index >= 15 is 0 Å². The Labute approximate surface area is 127 Å². The van der Waals surface area contributed by atoms with E-state index in [-0.39, 0.29) is 0 Å². The van der Waals surface area contributed by atoms with Gasteiger partial charge in [-0.3, -0.25) is 0 Å². The van der Waals surface area contributed by atoms with Gasteiger partial charge in [0.1, 0.15) is 5.84 Å². The van der Waals surface area contributed by atoms with Gasteiger partial charge in [0.15, 0.2) is 5.82 Å². The molecule has 3 aliphatic rings. The highest BCUT2D eigenvalue weighted by Gasteiger charge is 2.38. The molecule has 2 aliphatic heterocycles. The number of rotatable bonds is 0. The number of hydrogen-bond donors (Lipinski definition) is 0. The molecular weight excluding hydrogens is 260 g/mol. The van der Waals surface area contributed by atoms with Crippen LogP contribution in [0.25, 0.3) is 0 Å². The van der Waals surface area contributed by atoms with Gasteiger partial charge in [0.05, 0.1) is 11.7 Å². The topological polar surface area (TPSA) is 33.4 Å². The molecule has 0 bridgehead atoms. The van der Waals surface area contributed by atoms with Crippen LogP contribution in [0.3, 0.4) is 0 Å². The van der Waals surface area contributed by atoms with Crippen LogP contribution >= 0.6 is 0 Å². The lowest BCUT2D eigenvalue weighted by Gasteiger charge is -2.42. The zero-order valence-corrected chi connectivity index (χ0v) is 13.3. The molecule has 1 aromatic heterocycles. The number of aliphatic imine (C=N–C) groups is 1. The lowest BCUT2D eigenvalue weighted by Crippen LogP contribution is -2.46. The molecule has 1 saturated heterocycles. The molecule has 0 aromatic carbocycles. The van der Waals surface area contributed by atoms with E-state index < -0.39 is 0 Å². The van der Waals surface area contributed by atoms with Crippen molar-refractivity contribution in [3.05, 3.63) is 11.8 Å². The van der Waals surface area contributed by atoms with Crippen LogP contribution in [0.5, 0.6) is 0 Å². The van der Waals surface area contributed by atoms with E-state index in [0.29, 0.717) is 12.0 Å². The van der Waals surface area contributed by atoms with E-state index in [9.17, 15) is 0 Å². The minimum Gasteiger partial charge on any atom is -0.360 e. The second kappa shape index (κ2) is 5.15. The van der Waals surface area contributed by atoms with Crippen LogP contribution in [0.2, 0.25) is 0 Å². The highest BCUT2D eigenvalue weighted by atomic mass is 15.4. The summed E-state index contributed by atoms with van der Waals surface area (Å²) >= 11 is 0. The number of hydrogen-bond acceptors (Lipinski definition) is 3. The summed E-state index contributed by atoms with van der Waals surface area (Å²) in [6.07, 6.45) is 7.86. The van der Waals surface area contributed by atoms with Gasteiger partial charge in [-0.1, -0.05) is 19.8 Å². The molecule has 3 heterocycles. The van der Waals surface area contributed by atoms with Gasteiger partial charge in [0, 0.05) is 25.1 Å². The molecule has 21 heavy (non-hydrogen) atoms. The molecule has 2 unspecified atom stereocenters. The molecule has 4 heteroatoms. The molecular formula is C17H26N4. The predicted octanol–water partition coefficient (Wildman–Crippen LogP) is 3.70. The minimum absolute atomic E-state index is 0.550. The normalized spacial score (nSPS) is 29.8. The molecule has 4 nitrogen and oxygen atoms in total. The van der Waals surface area contributed by atoms with Crippen molar-refractivity contribution in [3.8, 4) is 0 Å². The van der Waals surface area contributed by atoms with Crippen LogP contribution in [0.15, 0.2) is 11.1 Å². The Morgan fingerprint density at radius 2 is 1.86 bits per heavy atom. The lowest BCUT2D eigenvalue weighted by molar-refractivity contribution is 0.222. The molecule has 114 valence electrons. The number of fused-ring (bicyclic) bond motifs is 3. The first-order valence-electron chi connectivity index (χ1n) is 8.62. The van der Waals surface area contributed by atoms with Gasteiger partial charge in [-0.2, -0.15) is 5.10 Å². The Morgan fingerprint density at radius 3 is 2.67 bits per heavy atom. The van der Waals surface area contributed by atoms with E-state index in [2.05, 4.69) is 29.5 Å². The highest BCUT2D eigenvalue weighted by molar-refractivity contribution is 5.88. The number of likely N-dealkylation sites (tertiary alicyclic amines) is 1. The third kappa shape index (κ3) is 2.29. The van der Waals surface area contributed by atoms with Gasteiger partial charge in [0.25, 0.3) is 0 Å². The molecule has 0 amide bonds. The van der Waals surface area contributed by atoms with Crippen molar-refractivity contribution in [2.75, 3.05) is 13.1 Å². The first kappa shape index (κ1) is 13.4. The summed E-state index contributed by atoms with van der Waals surface area (Å²) in [6, 6.07) is 2.70. The van der Waals surface area contributed by atoms with E-state index in [1.165, 1.54) is 57.5 Å². The summed E-state index contributed by atoms with van der Waals surface area (Å²) < 4.78 is 2.22. The smallest absolute Gasteiger partial charge is 0.153 e. The van der Waals surface area contributed by atoms with Gasteiger partial charge < -0.3 is 4.90 Å². The highest BCUT2D eigenvalue weighted by Crippen LogP contribution is 2.42. The van der Waals surface area contributed by atoms with Gasteiger partial charge in [-0.15, -0.1) is 0 Å². The predicted molar refractivity (Wildman–Crippen MR) is 85.0 cm³/mol. The van der Waals surface area contributed by atoms with E-state index in [1.807, 2.05) is 0 Å². The van der Waals surface area contributed by atoms with Crippen molar-refractivity contribution in [1.29, 1.82) is 0 Å². The standard InChI is InChI=1S/C17H26N4/c1-12-7-9-20(10-8-12)17-14-5-3-4-6-15(14)21-16(18-17)11-13(2)19-21/h11-12,14-15H,3-10H2,1-2H3. The largest absolute Gasteiger partial charge is 0.360 e. The SMILES string of the molecule is Cc1cc2n(n1)C1CCCCC1C(N1CCC(C)CC1)=N2. The van der Waals surface area contributed by atoms with Crippen LogP contribution < -0.4 is 0 Å². The van der Waals surface area contributed by atoms with Crippen LogP contribution in [0.1, 0.15) is 57.2 Å². The molecule has 1 saturated carbocycles. The number of aryl methyl sites for hydroxylation is 1. The van der Waals surface area contributed by atoms with Crippen molar-refractivity contribution in [2.45, 2.75) is 58.4 Å². The summed E-state index contributed by atoms with van der Waals surface area (Å²) in [5.74, 6) is 3.93.